The highest BCUT2D eigenvalue weighted by Crippen LogP contribution is 2.46. The van der Waals surface area contributed by atoms with Crippen molar-refractivity contribution in [2.45, 2.75) is 32.0 Å². The summed E-state index contributed by atoms with van der Waals surface area (Å²) in [6, 6.07) is 0. The molecule has 0 aliphatic carbocycles. The van der Waals surface area contributed by atoms with Crippen molar-refractivity contribution in [1.29, 1.82) is 0 Å². The molecule has 1 amide bonds. The largest absolute Gasteiger partial charge is 0.481 e. The number of rotatable bonds is 2. The molecule has 1 N–H and O–H groups in total. The lowest BCUT2D eigenvalue weighted by Crippen LogP contribution is -2.48. The standard InChI is InChI=1S/C12H16F3NO4/c1-7-4-8(5-20-7)9(17)16-3-2-11(6-16,10(18)19)12(13,14)15/h7-8H,2-6H2,1H3,(H,18,19). The van der Waals surface area contributed by atoms with Gasteiger partial charge in [0.2, 0.25) is 5.91 Å². The molecule has 114 valence electrons. The number of alkyl halides is 3. The van der Waals surface area contributed by atoms with Crippen LogP contribution in [-0.2, 0) is 14.3 Å². The number of aliphatic carboxylic acids is 1. The Bertz CT molecular complexity index is 425. The summed E-state index contributed by atoms with van der Waals surface area (Å²) in [4.78, 5) is 24.2. The van der Waals surface area contributed by atoms with Gasteiger partial charge in [-0.25, -0.2) is 0 Å². The van der Waals surface area contributed by atoms with Gasteiger partial charge in [0.25, 0.3) is 0 Å². The Morgan fingerprint density at radius 3 is 2.45 bits per heavy atom. The highest BCUT2D eigenvalue weighted by Gasteiger charge is 2.64. The van der Waals surface area contributed by atoms with Crippen LogP contribution in [0.15, 0.2) is 0 Å². The maximum Gasteiger partial charge on any atom is 0.406 e. The van der Waals surface area contributed by atoms with Crippen LogP contribution in [0.1, 0.15) is 19.8 Å². The summed E-state index contributed by atoms with van der Waals surface area (Å²) in [6.07, 6.45) is -5.10. The molecule has 5 nitrogen and oxygen atoms in total. The fourth-order valence-corrected chi connectivity index (χ4v) is 2.77. The van der Waals surface area contributed by atoms with Crippen LogP contribution in [-0.4, -0.2) is 53.9 Å². The zero-order chi connectivity index (χ0) is 15.1. The van der Waals surface area contributed by atoms with Crippen molar-refractivity contribution in [2.24, 2.45) is 11.3 Å². The average molecular weight is 295 g/mol. The molecule has 20 heavy (non-hydrogen) atoms. The summed E-state index contributed by atoms with van der Waals surface area (Å²) in [7, 11) is 0. The second-order valence-electron chi connectivity index (χ2n) is 5.47. The predicted molar refractivity (Wildman–Crippen MR) is 60.8 cm³/mol. The molecule has 8 heteroatoms. The molecule has 0 aromatic heterocycles. The number of carbonyl (C=O) groups excluding carboxylic acids is 1. The van der Waals surface area contributed by atoms with Gasteiger partial charge in [-0.1, -0.05) is 0 Å². The fourth-order valence-electron chi connectivity index (χ4n) is 2.77. The number of halogens is 3. The molecule has 2 aliphatic rings. The molecule has 2 aliphatic heterocycles. The number of amides is 1. The van der Waals surface area contributed by atoms with Gasteiger partial charge in [-0.05, 0) is 19.8 Å². The molecule has 0 radical (unpaired) electrons. The summed E-state index contributed by atoms with van der Waals surface area (Å²) in [5, 5.41) is 8.92. The lowest BCUT2D eigenvalue weighted by atomic mass is 9.86. The molecule has 2 heterocycles. The number of hydrogen-bond acceptors (Lipinski definition) is 3. The van der Waals surface area contributed by atoms with Gasteiger partial charge in [0.1, 0.15) is 0 Å². The molecule has 3 unspecified atom stereocenters. The molecule has 3 atom stereocenters. The van der Waals surface area contributed by atoms with E-state index < -0.39 is 42.4 Å². The first kappa shape index (κ1) is 15.1. The van der Waals surface area contributed by atoms with Gasteiger partial charge < -0.3 is 14.7 Å². The van der Waals surface area contributed by atoms with Gasteiger partial charge in [-0.2, -0.15) is 13.2 Å². The minimum atomic E-state index is -4.87. The normalized spacial score (nSPS) is 34.5. The van der Waals surface area contributed by atoms with Crippen molar-refractivity contribution in [3.05, 3.63) is 0 Å². The number of likely N-dealkylation sites (tertiary alicyclic amines) is 1. The van der Waals surface area contributed by atoms with Crippen molar-refractivity contribution < 1.29 is 32.6 Å². The Balaban J connectivity index is 2.11. The summed E-state index contributed by atoms with van der Waals surface area (Å²) in [5.41, 5.74) is -2.84. The van der Waals surface area contributed by atoms with Crippen LogP contribution in [0.25, 0.3) is 0 Å². The van der Waals surface area contributed by atoms with Gasteiger partial charge in [-0.15, -0.1) is 0 Å². The van der Waals surface area contributed by atoms with Crippen LogP contribution in [0, 0.1) is 11.3 Å². The van der Waals surface area contributed by atoms with Gasteiger partial charge in [-0.3, -0.25) is 9.59 Å². The predicted octanol–water partition coefficient (Wildman–Crippen LogP) is 1.28. The van der Waals surface area contributed by atoms with Crippen molar-refractivity contribution in [3.8, 4) is 0 Å². The molecular formula is C12H16F3NO4. The molecule has 0 bridgehead atoms. The quantitative estimate of drug-likeness (QED) is 0.833. The number of carbonyl (C=O) groups is 2. The zero-order valence-corrected chi connectivity index (χ0v) is 10.9. The lowest BCUT2D eigenvalue weighted by Gasteiger charge is -2.27. The van der Waals surface area contributed by atoms with E-state index in [0.717, 1.165) is 4.90 Å². The van der Waals surface area contributed by atoms with E-state index >= 15 is 0 Å². The Kier molecular flexibility index (Phi) is 3.70. The maximum absolute atomic E-state index is 13.0. The Morgan fingerprint density at radius 1 is 1.40 bits per heavy atom. The third-order valence-corrected chi connectivity index (χ3v) is 4.08. The Morgan fingerprint density at radius 2 is 2.05 bits per heavy atom. The van der Waals surface area contributed by atoms with E-state index in [1.807, 2.05) is 0 Å². The number of carboxylic acids is 1. The van der Waals surface area contributed by atoms with Crippen LogP contribution in [0.2, 0.25) is 0 Å². The Labute approximate surface area is 113 Å². The van der Waals surface area contributed by atoms with Gasteiger partial charge in [0, 0.05) is 13.1 Å². The van der Waals surface area contributed by atoms with Crippen LogP contribution < -0.4 is 0 Å². The first-order valence-electron chi connectivity index (χ1n) is 6.38. The third kappa shape index (κ3) is 2.36. The van der Waals surface area contributed by atoms with Crippen LogP contribution >= 0.6 is 0 Å². The number of carboxylic acid groups (broad SMARTS) is 1. The first-order chi connectivity index (χ1) is 9.17. The van der Waals surface area contributed by atoms with E-state index in [1.165, 1.54) is 0 Å². The minimum absolute atomic E-state index is 0.0987. The van der Waals surface area contributed by atoms with E-state index in [-0.39, 0.29) is 19.3 Å². The SMILES string of the molecule is CC1CC(C(=O)N2CCC(C(=O)O)(C(F)(F)F)C2)CO1. The summed E-state index contributed by atoms with van der Waals surface area (Å²) in [5.74, 6) is -2.83. The third-order valence-electron chi connectivity index (χ3n) is 4.08. The molecule has 0 aromatic rings. The number of nitrogens with zero attached hydrogens (tertiary/aromatic N) is 1. The molecule has 0 saturated carbocycles. The monoisotopic (exact) mass is 295 g/mol. The summed E-state index contributed by atoms with van der Waals surface area (Å²) < 4.78 is 44.2. The second-order valence-corrected chi connectivity index (χ2v) is 5.47. The highest BCUT2D eigenvalue weighted by atomic mass is 19.4. The summed E-state index contributed by atoms with van der Waals surface area (Å²) >= 11 is 0. The molecule has 2 fully saturated rings. The second kappa shape index (κ2) is 4.91. The maximum atomic E-state index is 13.0. The molecular weight excluding hydrogens is 279 g/mol. The highest BCUT2D eigenvalue weighted by molar-refractivity contribution is 5.83. The van der Waals surface area contributed by atoms with Crippen molar-refractivity contribution in [1.82, 2.24) is 4.90 Å². The summed E-state index contributed by atoms with van der Waals surface area (Å²) in [6.45, 7) is 0.974. The van der Waals surface area contributed by atoms with Gasteiger partial charge in [0.15, 0.2) is 5.41 Å². The molecule has 0 spiro atoms. The lowest BCUT2D eigenvalue weighted by molar-refractivity contribution is -0.227. The van der Waals surface area contributed by atoms with Crippen LogP contribution in [0.3, 0.4) is 0 Å². The zero-order valence-electron chi connectivity index (χ0n) is 10.9. The van der Waals surface area contributed by atoms with Crippen LogP contribution in [0.4, 0.5) is 13.2 Å². The van der Waals surface area contributed by atoms with Crippen molar-refractivity contribution >= 4 is 11.9 Å². The Hall–Kier alpha value is -1.31. The van der Waals surface area contributed by atoms with E-state index in [0.29, 0.717) is 6.42 Å². The van der Waals surface area contributed by atoms with Crippen molar-refractivity contribution in [3.63, 3.8) is 0 Å². The molecule has 2 saturated heterocycles. The van der Waals surface area contributed by atoms with Gasteiger partial charge in [0.05, 0.1) is 18.6 Å². The topological polar surface area (TPSA) is 66.8 Å². The van der Waals surface area contributed by atoms with E-state index in [4.69, 9.17) is 9.84 Å². The fraction of sp³-hybridized carbons (Fsp3) is 0.833. The minimum Gasteiger partial charge on any atom is -0.481 e. The molecule has 0 aromatic carbocycles. The van der Waals surface area contributed by atoms with Crippen LogP contribution in [0.5, 0.6) is 0 Å². The number of ether oxygens (including phenoxy) is 1. The average Bonchev–Trinajstić information content (AvgIpc) is 2.93. The van der Waals surface area contributed by atoms with Crippen molar-refractivity contribution in [2.75, 3.05) is 19.7 Å². The van der Waals surface area contributed by atoms with E-state index in [2.05, 4.69) is 0 Å². The molecule has 2 rings (SSSR count). The number of hydrogen-bond donors (Lipinski definition) is 1. The van der Waals surface area contributed by atoms with E-state index in [9.17, 15) is 22.8 Å². The smallest absolute Gasteiger partial charge is 0.406 e. The first-order valence-corrected chi connectivity index (χ1v) is 6.38. The van der Waals surface area contributed by atoms with E-state index in [1.54, 1.807) is 6.92 Å². The van der Waals surface area contributed by atoms with Gasteiger partial charge >= 0.3 is 12.1 Å².